The van der Waals surface area contributed by atoms with Crippen LogP contribution < -0.4 is 4.87 Å². The average molecular weight is 333 g/mol. The number of hydrogen-bond acceptors (Lipinski definition) is 3. The fourth-order valence-electron chi connectivity index (χ4n) is 4.89. The molecular weight excluding hydrogens is 317 g/mol. The Morgan fingerprint density at radius 3 is 2.73 bits per heavy atom. The molecule has 0 unspecified atom stereocenters. The third kappa shape index (κ3) is 1.81. The highest BCUT2D eigenvalue weighted by Gasteiger charge is 2.54. The molecule has 2 fully saturated rings. The van der Waals surface area contributed by atoms with Gasteiger partial charge in [0.2, 0.25) is 0 Å². The van der Waals surface area contributed by atoms with Crippen molar-refractivity contribution in [3.05, 3.63) is 50.2 Å². The van der Waals surface area contributed by atoms with Gasteiger partial charge in [-0.15, -0.1) is 11.8 Å². The first kappa shape index (κ1) is 13.4. The van der Waals surface area contributed by atoms with Crippen LogP contribution >= 0.6 is 23.1 Å². The Morgan fingerprint density at radius 1 is 1.14 bits per heavy atom. The van der Waals surface area contributed by atoms with Gasteiger partial charge in [0.05, 0.1) is 5.03 Å². The molecule has 114 valence electrons. The monoisotopic (exact) mass is 333 g/mol. The summed E-state index contributed by atoms with van der Waals surface area (Å²) in [5, 5.41) is 1.68. The van der Waals surface area contributed by atoms with Gasteiger partial charge in [-0.25, -0.2) is 4.39 Å². The van der Waals surface area contributed by atoms with Gasteiger partial charge in [-0.3, -0.25) is 4.79 Å². The quantitative estimate of drug-likeness (QED) is 0.847. The zero-order chi connectivity index (χ0) is 14.8. The van der Waals surface area contributed by atoms with Crippen molar-refractivity contribution in [2.24, 2.45) is 17.8 Å². The van der Waals surface area contributed by atoms with E-state index in [1.807, 2.05) is 23.9 Å². The minimum Gasteiger partial charge on any atom is -0.307 e. The number of rotatable bonds is 1. The minimum absolute atomic E-state index is 0.0388. The van der Waals surface area contributed by atoms with E-state index in [9.17, 15) is 9.18 Å². The van der Waals surface area contributed by atoms with E-state index in [2.05, 4.69) is 4.98 Å². The summed E-state index contributed by atoms with van der Waals surface area (Å²) in [6, 6.07) is 6.92. The predicted molar refractivity (Wildman–Crippen MR) is 87.1 cm³/mol. The van der Waals surface area contributed by atoms with Crippen molar-refractivity contribution in [3.8, 4) is 0 Å². The number of H-pyrrole nitrogens is 1. The summed E-state index contributed by atoms with van der Waals surface area (Å²) in [6.07, 6.45) is 3.98. The van der Waals surface area contributed by atoms with Gasteiger partial charge < -0.3 is 4.98 Å². The number of thioether (sulfide) groups is 1. The maximum Gasteiger partial charge on any atom is 0.305 e. The Balaban J connectivity index is 1.68. The first-order chi connectivity index (χ1) is 10.7. The number of benzene rings is 1. The lowest BCUT2D eigenvalue weighted by Gasteiger charge is -2.40. The van der Waals surface area contributed by atoms with E-state index in [0.29, 0.717) is 11.2 Å². The van der Waals surface area contributed by atoms with Crippen LogP contribution in [0.1, 0.15) is 35.6 Å². The zero-order valence-electron chi connectivity index (χ0n) is 11.9. The molecule has 2 aromatic rings. The van der Waals surface area contributed by atoms with Gasteiger partial charge in [0.1, 0.15) is 5.82 Å². The van der Waals surface area contributed by atoms with Crippen molar-refractivity contribution in [3.63, 3.8) is 0 Å². The van der Waals surface area contributed by atoms with Crippen LogP contribution in [-0.2, 0) is 0 Å². The zero-order valence-corrected chi connectivity index (χ0v) is 13.6. The lowest BCUT2D eigenvalue weighted by atomic mass is 9.75. The summed E-state index contributed by atoms with van der Waals surface area (Å²) in [6.45, 7) is 0. The topological polar surface area (TPSA) is 32.9 Å². The summed E-state index contributed by atoms with van der Waals surface area (Å²) in [4.78, 5) is 16.1. The second kappa shape index (κ2) is 4.71. The summed E-state index contributed by atoms with van der Waals surface area (Å²) in [7, 11) is 0. The largest absolute Gasteiger partial charge is 0.307 e. The van der Waals surface area contributed by atoms with Crippen molar-refractivity contribution < 1.29 is 4.39 Å². The maximum atomic E-state index is 13.3. The molecule has 3 aliphatic rings. The van der Waals surface area contributed by atoms with Crippen molar-refractivity contribution in [1.82, 2.24) is 4.98 Å². The van der Waals surface area contributed by atoms with E-state index >= 15 is 0 Å². The number of aromatic amines is 1. The molecule has 2 bridgehead atoms. The van der Waals surface area contributed by atoms with Crippen LogP contribution in [0.25, 0.3) is 0 Å². The highest BCUT2D eigenvalue weighted by atomic mass is 32.2. The summed E-state index contributed by atoms with van der Waals surface area (Å²) in [5.41, 5.74) is 1.17. The number of halogens is 1. The molecule has 22 heavy (non-hydrogen) atoms. The van der Waals surface area contributed by atoms with E-state index in [0.717, 1.165) is 16.9 Å². The molecule has 2 saturated carbocycles. The third-order valence-electron chi connectivity index (χ3n) is 5.69. The summed E-state index contributed by atoms with van der Waals surface area (Å²) in [5.74, 6) is 2.23. The van der Waals surface area contributed by atoms with E-state index in [-0.39, 0.29) is 16.6 Å². The van der Waals surface area contributed by atoms with Gasteiger partial charge in [0, 0.05) is 16.0 Å². The molecule has 1 aliphatic heterocycles. The standard InChI is InChI=1S/C17H16FNOS2/c18-11-5-3-8(4-6-11)12-13-9-1-2-10(7-9)14(13)21-16-15(12)22-17(20)19-16/h3-6,9-10,12-14H,1-2,7H2,(H,19,20)/t9-,10+,12-,13+,14-/m1/s1. The SMILES string of the molecule is O=c1[nH]c2c(s1)[C@H](c1ccc(F)cc1)[C@@H]1[C@@H]3CC[C@@H](C3)[C@H]1S2. The molecule has 0 amide bonds. The van der Waals surface area contributed by atoms with Crippen molar-refractivity contribution in [1.29, 1.82) is 0 Å². The van der Waals surface area contributed by atoms with Crippen LogP contribution in [0.3, 0.4) is 0 Å². The molecule has 2 aliphatic carbocycles. The molecule has 2 heterocycles. The average Bonchev–Trinajstić information content (AvgIpc) is 3.19. The van der Waals surface area contributed by atoms with Crippen molar-refractivity contribution in [2.45, 2.75) is 35.5 Å². The van der Waals surface area contributed by atoms with Crippen LogP contribution in [0.5, 0.6) is 0 Å². The Kier molecular flexibility index (Phi) is 2.87. The maximum absolute atomic E-state index is 13.3. The predicted octanol–water partition coefficient (Wildman–Crippen LogP) is 4.23. The molecule has 1 aromatic carbocycles. The van der Waals surface area contributed by atoms with Gasteiger partial charge in [-0.1, -0.05) is 23.5 Å². The van der Waals surface area contributed by atoms with Gasteiger partial charge in [0.25, 0.3) is 0 Å². The van der Waals surface area contributed by atoms with Gasteiger partial charge in [0.15, 0.2) is 0 Å². The van der Waals surface area contributed by atoms with Crippen LogP contribution in [0.2, 0.25) is 0 Å². The molecule has 1 aromatic heterocycles. The van der Waals surface area contributed by atoms with Crippen LogP contribution in [-0.4, -0.2) is 10.2 Å². The van der Waals surface area contributed by atoms with Crippen LogP contribution in [0, 0.1) is 23.6 Å². The lowest BCUT2D eigenvalue weighted by Crippen LogP contribution is -2.33. The van der Waals surface area contributed by atoms with E-state index < -0.39 is 0 Å². The number of nitrogens with one attached hydrogen (secondary N) is 1. The Labute approximate surface area is 136 Å². The fraction of sp³-hybridized carbons (Fsp3) is 0.471. The molecule has 2 nitrogen and oxygen atoms in total. The molecule has 0 spiro atoms. The van der Waals surface area contributed by atoms with E-state index in [4.69, 9.17) is 0 Å². The first-order valence-corrected chi connectivity index (χ1v) is 9.55. The number of thiazole rings is 1. The minimum atomic E-state index is -0.194. The highest BCUT2D eigenvalue weighted by Crippen LogP contribution is 2.63. The van der Waals surface area contributed by atoms with Crippen molar-refractivity contribution >= 4 is 23.1 Å². The molecule has 5 heteroatoms. The second-order valence-corrected chi connectivity index (χ2v) is 8.93. The van der Waals surface area contributed by atoms with Crippen LogP contribution in [0.4, 0.5) is 4.39 Å². The number of fused-ring (bicyclic) bond motifs is 6. The molecule has 5 atom stereocenters. The Bertz CT molecular complexity index is 781. The number of hydrogen-bond donors (Lipinski definition) is 1. The lowest BCUT2D eigenvalue weighted by molar-refractivity contribution is 0.307. The molecule has 5 rings (SSSR count). The number of aromatic nitrogens is 1. The van der Waals surface area contributed by atoms with E-state index in [1.54, 1.807) is 12.1 Å². The second-order valence-electron chi connectivity index (χ2n) is 6.73. The molecular formula is C17H16FNOS2. The van der Waals surface area contributed by atoms with Crippen LogP contribution in [0.15, 0.2) is 34.1 Å². The normalized spacial score (nSPS) is 35.4. The fourth-order valence-corrected chi connectivity index (χ4v) is 7.79. The van der Waals surface area contributed by atoms with Gasteiger partial charge in [-0.2, -0.15) is 0 Å². The highest BCUT2D eigenvalue weighted by molar-refractivity contribution is 8.00. The van der Waals surface area contributed by atoms with Gasteiger partial charge >= 0.3 is 4.87 Å². The van der Waals surface area contributed by atoms with Crippen molar-refractivity contribution in [2.75, 3.05) is 0 Å². The molecule has 1 N–H and O–H groups in total. The third-order valence-corrected chi connectivity index (χ3v) is 8.32. The van der Waals surface area contributed by atoms with E-state index in [1.165, 1.54) is 41.0 Å². The molecule has 0 saturated heterocycles. The Hall–Kier alpha value is -1.07. The smallest absolute Gasteiger partial charge is 0.305 e. The van der Waals surface area contributed by atoms with Gasteiger partial charge in [-0.05, 0) is 54.7 Å². The summed E-state index contributed by atoms with van der Waals surface area (Å²) >= 11 is 3.24. The Morgan fingerprint density at radius 2 is 1.91 bits per heavy atom. The first-order valence-electron chi connectivity index (χ1n) is 7.86. The molecule has 0 radical (unpaired) electrons. The summed E-state index contributed by atoms with van der Waals surface area (Å²) < 4.78 is 13.3.